The van der Waals surface area contributed by atoms with Crippen molar-refractivity contribution in [3.05, 3.63) is 222 Å². The van der Waals surface area contributed by atoms with Crippen LogP contribution in [-0.2, 0) is 6.42 Å². The number of aromatic hydroxyl groups is 2. The molecule has 0 aliphatic carbocycles. The second kappa shape index (κ2) is 22.4. The van der Waals surface area contributed by atoms with E-state index in [2.05, 4.69) is 62.3 Å². The number of carbonyl (C=O) groups excluding carboxylic acids is 1. The molecule has 9 aromatic carbocycles. The summed E-state index contributed by atoms with van der Waals surface area (Å²) in [6, 6.07) is 57.9. The number of para-hydroxylation sites is 2. The van der Waals surface area contributed by atoms with E-state index in [0.29, 0.717) is 33.9 Å². The van der Waals surface area contributed by atoms with Gasteiger partial charge in [0.25, 0.3) is 5.91 Å². The quantitative estimate of drug-likeness (QED) is 0.0525. The Labute approximate surface area is 435 Å². The minimum absolute atomic E-state index is 0.0973. The van der Waals surface area contributed by atoms with Crippen LogP contribution in [0.4, 0.5) is 34.1 Å². The number of nitrogens with one attached hydrogen (secondary N) is 2. The van der Waals surface area contributed by atoms with Gasteiger partial charge >= 0.3 is 0 Å². The number of benzene rings is 9. The number of phenolic OH excluding ortho intramolecular Hbond substituents is 2. The van der Waals surface area contributed by atoms with Gasteiger partial charge in [-0.3, -0.25) is 4.79 Å². The summed E-state index contributed by atoms with van der Waals surface area (Å²) in [4.78, 5) is 13.5. The lowest BCUT2D eigenvalue weighted by molar-refractivity contribution is 0.102. The van der Waals surface area contributed by atoms with Crippen LogP contribution in [0.1, 0.15) is 57.9 Å². The van der Waals surface area contributed by atoms with Crippen LogP contribution in [0.3, 0.4) is 0 Å². The number of ether oxygens (including phenoxy) is 1. The lowest BCUT2D eigenvalue weighted by atomic mass is 10.0. The van der Waals surface area contributed by atoms with Gasteiger partial charge in [-0.15, -0.1) is 10.2 Å². The molecule has 0 spiro atoms. The average Bonchev–Trinajstić information content (AvgIpc) is 3.87. The first-order valence-electron chi connectivity index (χ1n) is 24.9. The third-order valence-electron chi connectivity index (χ3n) is 13.0. The summed E-state index contributed by atoms with van der Waals surface area (Å²) in [6.07, 6.45) is 9.36. The highest BCUT2D eigenvalue weighted by atomic mass is 16.5. The molecule has 4 N–H and O–H groups in total. The van der Waals surface area contributed by atoms with Crippen LogP contribution in [0.25, 0.3) is 50.6 Å². The van der Waals surface area contributed by atoms with Crippen LogP contribution in [0, 0.1) is 13.8 Å². The molecule has 0 radical (unpaired) electrons. The van der Waals surface area contributed by atoms with E-state index in [4.69, 9.17) is 9.84 Å². The van der Waals surface area contributed by atoms with Crippen molar-refractivity contribution in [3.63, 3.8) is 0 Å². The fraction of sp³-hybridized carbons (Fsp3) is 0.111. The van der Waals surface area contributed by atoms with Gasteiger partial charge in [-0.25, -0.2) is 4.68 Å². The molecule has 10 rings (SSSR count). The summed E-state index contributed by atoms with van der Waals surface area (Å²) >= 11 is 0. The standard InChI is InChI=1S/C63H54N8O4/c1-4-5-16-43-23-28-45(29-24-43)58-48(30-25-44-26-31-49(32-27-44)66-68-59-52-19-10-8-17-46(52)37-54(61(59)72)63(74)65-56-22-13-7-15-42(56)3)39-71(70-58)51-35-33-50(34-36-51)67-69-60-53-20-11-9-18-47(53)38-57(62(60)73)75-40-64-55-21-12-6-14-41(55)2/h6-15,17-39,64,72-73H,4-5,16,40H2,1-3H3,(H,65,74). The molecule has 0 unspecified atom stereocenters. The molecule has 75 heavy (non-hydrogen) atoms. The van der Waals surface area contributed by atoms with Crippen molar-refractivity contribution in [2.75, 3.05) is 17.4 Å². The van der Waals surface area contributed by atoms with Gasteiger partial charge in [0.1, 0.15) is 11.4 Å². The van der Waals surface area contributed by atoms with Gasteiger partial charge in [0.05, 0.1) is 28.3 Å². The van der Waals surface area contributed by atoms with Crippen LogP contribution in [0.2, 0.25) is 0 Å². The number of nitrogens with zero attached hydrogens (tertiary/aromatic N) is 6. The Kier molecular flexibility index (Phi) is 14.6. The van der Waals surface area contributed by atoms with Crippen molar-refractivity contribution in [3.8, 4) is 34.2 Å². The Morgan fingerprint density at radius 1 is 0.640 bits per heavy atom. The highest BCUT2D eigenvalue weighted by Gasteiger charge is 2.20. The average molecular weight is 987 g/mol. The van der Waals surface area contributed by atoms with E-state index < -0.39 is 5.91 Å². The van der Waals surface area contributed by atoms with E-state index in [1.165, 1.54) is 5.56 Å². The lowest BCUT2D eigenvalue weighted by Crippen LogP contribution is -2.13. The minimum Gasteiger partial charge on any atom is -0.505 e. The highest BCUT2D eigenvalue weighted by Crippen LogP contribution is 2.44. The Hall–Kier alpha value is -9.68. The van der Waals surface area contributed by atoms with E-state index in [-0.39, 0.29) is 29.5 Å². The Morgan fingerprint density at radius 3 is 1.88 bits per heavy atom. The van der Waals surface area contributed by atoms with Crippen LogP contribution in [0.15, 0.2) is 209 Å². The number of fused-ring (bicyclic) bond motifs is 2. The number of hydrogen-bond donors (Lipinski definition) is 4. The second-order valence-electron chi connectivity index (χ2n) is 18.2. The van der Waals surface area contributed by atoms with Crippen LogP contribution in [0.5, 0.6) is 17.2 Å². The summed E-state index contributed by atoms with van der Waals surface area (Å²) in [6.45, 7) is 6.28. The van der Waals surface area contributed by atoms with Gasteiger partial charge in [0, 0.05) is 39.5 Å². The van der Waals surface area contributed by atoms with E-state index >= 15 is 0 Å². The number of azo groups is 2. The predicted octanol–water partition coefficient (Wildman–Crippen LogP) is 16.9. The van der Waals surface area contributed by atoms with Crippen molar-refractivity contribution in [1.29, 1.82) is 0 Å². The number of aromatic nitrogens is 2. The molecule has 0 aliphatic rings. The van der Waals surface area contributed by atoms with Gasteiger partial charge in [-0.2, -0.15) is 15.3 Å². The van der Waals surface area contributed by atoms with E-state index in [1.807, 2.05) is 182 Å². The zero-order chi connectivity index (χ0) is 51.7. The first-order valence-corrected chi connectivity index (χ1v) is 24.9. The summed E-state index contributed by atoms with van der Waals surface area (Å²) in [5, 5.41) is 55.3. The Balaban J connectivity index is 0.887. The van der Waals surface area contributed by atoms with Gasteiger partial charge < -0.3 is 25.6 Å². The SMILES string of the molecule is CCCCc1ccc(-c2nn(-c3ccc(N=Nc4c(O)c(OCNc5ccccc5C)cc5ccccc45)cc3)cc2C=Cc2ccc(N=Nc3c(O)c(C(=O)Nc4ccccc4C)cc4ccccc34)cc2)cc1. The van der Waals surface area contributed by atoms with Crippen LogP contribution in [-0.4, -0.2) is 32.6 Å². The summed E-state index contributed by atoms with van der Waals surface area (Å²) in [5.41, 5.74) is 11.1. The third-order valence-corrected chi connectivity index (χ3v) is 13.0. The maximum absolute atomic E-state index is 13.5. The van der Waals surface area contributed by atoms with Crippen molar-refractivity contribution in [1.82, 2.24) is 9.78 Å². The molecule has 1 amide bonds. The second-order valence-corrected chi connectivity index (χ2v) is 18.2. The zero-order valence-electron chi connectivity index (χ0n) is 41.8. The molecule has 1 heterocycles. The molecule has 10 aromatic rings. The Bertz CT molecular complexity index is 3770. The smallest absolute Gasteiger partial charge is 0.259 e. The first-order chi connectivity index (χ1) is 36.7. The third kappa shape index (κ3) is 11.2. The fourth-order valence-corrected chi connectivity index (χ4v) is 8.76. The summed E-state index contributed by atoms with van der Waals surface area (Å²) in [5.74, 6) is -0.499. The van der Waals surface area contributed by atoms with Gasteiger partial charge in [0.2, 0.25) is 0 Å². The maximum Gasteiger partial charge on any atom is 0.259 e. The summed E-state index contributed by atoms with van der Waals surface area (Å²) < 4.78 is 7.89. The molecule has 0 saturated carbocycles. The molecule has 0 atom stereocenters. The fourth-order valence-electron chi connectivity index (χ4n) is 8.76. The first kappa shape index (κ1) is 48.9. The molecule has 0 saturated heterocycles. The monoisotopic (exact) mass is 986 g/mol. The van der Waals surface area contributed by atoms with E-state index in [1.54, 1.807) is 12.1 Å². The van der Waals surface area contributed by atoms with Gasteiger partial charge in [0.15, 0.2) is 24.0 Å². The number of anilines is 2. The minimum atomic E-state index is -0.446. The maximum atomic E-state index is 13.5. The number of rotatable bonds is 17. The molecule has 370 valence electrons. The van der Waals surface area contributed by atoms with Crippen molar-refractivity contribution in [2.45, 2.75) is 40.0 Å². The largest absolute Gasteiger partial charge is 0.505 e. The van der Waals surface area contributed by atoms with Crippen LogP contribution >= 0.6 is 0 Å². The Morgan fingerprint density at radius 2 is 1.23 bits per heavy atom. The predicted molar refractivity (Wildman–Crippen MR) is 302 cm³/mol. The molecular weight excluding hydrogens is 933 g/mol. The molecule has 0 aliphatic heterocycles. The van der Waals surface area contributed by atoms with Crippen LogP contribution < -0.4 is 15.4 Å². The number of carbonyl (C=O) groups is 1. The number of aryl methyl sites for hydroxylation is 3. The number of unbranched alkanes of at least 4 members (excludes halogenated alkanes) is 1. The van der Waals surface area contributed by atoms with Crippen molar-refractivity contribution >= 4 is 73.7 Å². The molecule has 1 aromatic heterocycles. The van der Waals surface area contributed by atoms with Crippen molar-refractivity contribution < 1.29 is 19.7 Å². The highest BCUT2D eigenvalue weighted by molar-refractivity contribution is 6.12. The normalized spacial score (nSPS) is 11.6. The number of phenols is 2. The van der Waals surface area contributed by atoms with E-state index in [9.17, 15) is 15.0 Å². The van der Waals surface area contributed by atoms with Gasteiger partial charge in [-0.05, 0) is 120 Å². The molecule has 0 fully saturated rings. The van der Waals surface area contributed by atoms with E-state index in [0.717, 1.165) is 80.3 Å². The zero-order valence-corrected chi connectivity index (χ0v) is 41.8. The molecule has 12 nitrogen and oxygen atoms in total. The molecular formula is C63H54N8O4. The number of hydrogen-bond acceptors (Lipinski definition) is 10. The summed E-state index contributed by atoms with van der Waals surface area (Å²) in [7, 11) is 0. The molecule has 12 heteroatoms. The topological polar surface area (TPSA) is 158 Å². The van der Waals surface area contributed by atoms with Crippen molar-refractivity contribution in [2.24, 2.45) is 20.5 Å². The van der Waals surface area contributed by atoms with Gasteiger partial charge in [-0.1, -0.05) is 147 Å². The molecule has 0 bridgehead atoms. The number of amides is 1. The lowest BCUT2D eigenvalue weighted by Gasteiger charge is -2.14.